The van der Waals surface area contributed by atoms with Crippen molar-refractivity contribution >= 4 is 0 Å². The van der Waals surface area contributed by atoms with Crippen molar-refractivity contribution in [2.75, 3.05) is 6.61 Å². The molecule has 14 heavy (non-hydrogen) atoms. The summed E-state index contributed by atoms with van der Waals surface area (Å²) in [5.74, 6) is -0.398. The third kappa shape index (κ3) is 1.91. The lowest BCUT2D eigenvalue weighted by atomic mass is 9.81. The zero-order chi connectivity index (χ0) is 10.6. The second-order valence-corrected chi connectivity index (χ2v) is 3.40. The van der Waals surface area contributed by atoms with E-state index in [-0.39, 0.29) is 13.0 Å². The Bertz CT molecular complexity index is 359. The summed E-state index contributed by atoms with van der Waals surface area (Å²) in [5.41, 5.74) is -0.600. The minimum atomic E-state index is -0.944. The maximum Gasteiger partial charge on any atom is 0.128 e. The number of rotatable bonds is 3. The molecule has 0 saturated heterocycles. The number of benzene rings is 1. The number of aliphatic hydroxyl groups excluding tert-OH is 1. The Hall–Kier alpha value is -1.40. The van der Waals surface area contributed by atoms with Crippen molar-refractivity contribution in [3.8, 4) is 6.07 Å². The fourth-order valence-electron chi connectivity index (χ4n) is 1.38. The van der Waals surface area contributed by atoms with Gasteiger partial charge in [0.05, 0.1) is 11.5 Å². The molecular formula is C11H12FNO. The number of halogens is 1. The highest BCUT2D eigenvalue weighted by Crippen LogP contribution is 2.28. The quantitative estimate of drug-likeness (QED) is 0.797. The monoisotopic (exact) mass is 193 g/mol. The molecule has 0 aliphatic rings. The molecule has 1 aromatic carbocycles. The first-order chi connectivity index (χ1) is 6.64. The minimum absolute atomic E-state index is 0.127. The molecule has 2 nitrogen and oxygen atoms in total. The van der Waals surface area contributed by atoms with E-state index in [1.807, 2.05) is 6.07 Å². The van der Waals surface area contributed by atoms with Gasteiger partial charge in [0.25, 0.3) is 0 Å². The third-order valence-corrected chi connectivity index (χ3v) is 2.33. The predicted molar refractivity (Wildman–Crippen MR) is 51.1 cm³/mol. The van der Waals surface area contributed by atoms with Crippen LogP contribution in [0, 0.1) is 17.1 Å². The lowest BCUT2D eigenvalue weighted by Gasteiger charge is -2.21. The van der Waals surface area contributed by atoms with Crippen LogP contribution >= 0.6 is 0 Å². The number of aliphatic hydroxyl groups is 1. The second-order valence-electron chi connectivity index (χ2n) is 3.40. The fraction of sp³-hybridized carbons (Fsp3) is 0.364. The van der Waals surface area contributed by atoms with Gasteiger partial charge in [-0.3, -0.25) is 0 Å². The van der Waals surface area contributed by atoms with E-state index in [9.17, 15) is 4.39 Å². The summed E-state index contributed by atoms with van der Waals surface area (Å²) in [7, 11) is 0. The Morgan fingerprint density at radius 3 is 2.64 bits per heavy atom. The van der Waals surface area contributed by atoms with Gasteiger partial charge in [-0.25, -0.2) is 4.39 Å². The molecule has 0 amide bonds. The Morgan fingerprint density at radius 2 is 2.14 bits per heavy atom. The van der Waals surface area contributed by atoms with Crippen LogP contribution in [-0.2, 0) is 5.41 Å². The van der Waals surface area contributed by atoms with Crippen LogP contribution in [0.25, 0.3) is 0 Å². The maximum absolute atomic E-state index is 13.4. The topological polar surface area (TPSA) is 44.0 Å². The van der Waals surface area contributed by atoms with Crippen LogP contribution in [0.15, 0.2) is 24.3 Å². The first kappa shape index (κ1) is 10.7. The predicted octanol–water partition coefficient (Wildman–Crippen LogP) is 1.99. The largest absolute Gasteiger partial charge is 0.396 e. The van der Waals surface area contributed by atoms with E-state index in [0.29, 0.717) is 5.56 Å². The second kappa shape index (κ2) is 4.21. The van der Waals surface area contributed by atoms with Crippen LogP contribution in [0.5, 0.6) is 0 Å². The van der Waals surface area contributed by atoms with Gasteiger partial charge in [-0.2, -0.15) is 5.26 Å². The summed E-state index contributed by atoms with van der Waals surface area (Å²) in [6, 6.07) is 8.20. The molecule has 1 N–H and O–H groups in total. The van der Waals surface area contributed by atoms with E-state index in [1.165, 1.54) is 6.07 Å². The summed E-state index contributed by atoms with van der Waals surface area (Å²) in [4.78, 5) is 0. The van der Waals surface area contributed by atoms with Crippen LogP contribution in [0.3, 0.4) is 0 Å². The highest BCUT2D eigenvalue weighted by molar-refractivity contribution is 5.32. The van der Waals surface area contributed by atoms with E-state index in [0.717, 1.165) is 0 Å². The van der Waals surface area contributed by atoms with Crippen LogP contribution in [0.4, 0.5) is 4.39 Å². The van der Waals surface area contributed by atoms with E-state index >= 15 is 0 Å². The van der Waals surface area contributed by atoms with Crippen molar-refractivity contribution in [1.29, 1.82) is 5.26 Å². The van der Waals surface area contributed by atoms with Gasteiger partial charge >= 0.3 is 0 Å². The third-order valence-electron chi connectivity index (χ3n) is 2.33. The zero-order valence-corrected chi connectivity index (χ0v) is 8.00. The molecule has 0 aliphatic heterocycles. The minimum Gasteiger partial charge on any atom is -0.396 e. The average molecular weight is 193 g/mol. The average Bonchev–Trinajstić information content (AvgIpc) is 2.18. The van der Waals surface area contributed by atoms with Gasteiger partial charge in [0.2, 0.25) is 0 Å². The van der Waals surface area contributed by atoms with Crippen LogP contribution < -0.4 is 0 Å². The van der Waals surface area contributed by atoms with E-state index in [2.05, 4.69) is 0 Å². The van der Waals surface area contributed by atoms with E-state index in [1.54, 1.807) is 25.1 Å². The molecule has 0 saturated carbocycles. The maximum atomic E-state index is 13.4. The molecule has 0 heterocycles. The summed E-state index contributed by atoms with van der Waals surface area (Å²) in [6.07, 6.45) is 0.241. The van der Waals surface area contributed by atoms with Crippen molar-refractivity contribution in [1.82, 2.24) is 0 Å². The van der Waals surface area contributed by atoms with Gasteiger partial charge < -0.3 is 5.11 Å². The summed E-state index contributed by atoms with van der Waals surface area (Å²) < 4.78 is 13.4. The molecule has 1 rings (SSSR count). The van der Waals surface area contributed by atoms with Gasteiger partial charge in [-0.05, 0) is 19.4 Å². The van der Waals surface area contributed by atoms with Gasteiger partial charge in [0, 0.05) is 12.2 Å². The van der Waals surface area contributed by atoms with Crippen LogP contribution in [0.1, 0.15) is 18.9 Å². The Morgan fingerprint density at radius 1 is 1.50 bits per heavy atom. The van der Waals surface area contributed by atoms with E-state index < -0.39 is 11.2 Å². The van der Waals surface area contributed by atoms with Gasteiger partial charge in [-0.15, -0.1) is 0 Å². The highest BCUT2D eigenvalue weighted by atomic mass is 19.1. The van der Waals surface area contributed by atoms with Crippen molar-refractivity contribution in [2.24, 2.45) is 0 Å². The van der Waals surface area contributed by atoms with Crippen LogP contribution in [-0.4, -0.2) is 11.7 Å². The fourth-order valence-corrected chi connectivity index (χ4v) is 1.38. The molecule has 0 fully saturated rings. The van der Waals surface area contributed by atoms with Crippen LogP contribution in [0.2, 0.25) is 0 Å². The van der Waals surface area contributed by atoms with Gasteiger partial charge in [-0.1, -0.05) is 18.2 Å². The lowest BCUT2D eigenvalue weighted by molar-refractivity contribution is 0.262. The van der Waals surface area contributed by atoms with Crippen molar-refractivity contribution in [3.63, 3.8) is 0 Å². The highest BCUT2D eigenvalue weighted by Gasteiger charge is 2.28. The molecule has 0 spiro atoms. The SMILES string of the molecule is CC(C#N)(CCO)c1ccccc1F. The first-order valence-electron chi connectivity index (χ1n) is 4.41. The summed E-state index contributed by atoms with van der Waals surface area (Å²) in [5, 5.41) is 17.8. The Labute approximate surface area is 82.6 Å². The van der Waals surface area contributed by atoms with Crippen molar-refractivity contribution in [3.05, 3.63) is 35.6 Å². The molecule has 0 bridgehead atoms. The standard InChI is InChI=1S/C11H12FNO/c1-11(8-13,6-7-14)9-4-2-3-5-10(9)12/h2-5,14H,6-7H2,1H3. The lowest BCUT2D eigenvalue weighted by Crippen LogP contribution is -2.22. The van der Waals surface area contributed by atoms with Crippen molar-refractivity contribution < 1.29 is 9.50 Å². The van der Waals surface area contributed by atoms with Gasteiger partial charge in [0.1, 0.15) is 5.82 Å². The normalized spacial score (nSPS) is 14.4. The molecule has 0 aliphatic carbocycles. The van der Waals surface area contributed by atoms with Crippen molar-refractivity contribution in [2.45, 2.75) is 18.8 Å². The molecule has 1 aromatic rings. The number of hydrogen-bond acceptors (Lipinski definition) is 2. The van der Waals surface area contributed by atoms with E-state index in [4.69, 9.17) is 10.4 Å². The molecule has 1 unspecified atom stereocenters. The van der Waals surface area contributed by atoms with Gasteiger partial charge in [0.15, 0.2) is 0 Å². The molecular weight excluding hydrogens is 181 g/mol. The number of hydrogen-bond donors (Lipinski definition) is 1. The molecule has 0 radical (unpaired) electrons. The smallest absolute Gasteiger partial charge is 0.128 e. The first-order valence-corrected chi connectivity index (χ1v) is 4.41. The molecule has 3 heteroatoms. The zero-order valence-electron chi connectivity index (χ0n) is 8.00. The number of nitriles is 1. The number of nitrogens with zero attached hydrogens (tertiary/aromatic N) is 1. The summed E-state index contributed by atoms with van der Waals surface area (Å²) >= 11 is 0. The molecule has 0 aromatic heterocycles. The summed E-state index contributed by atoms with van der Waals surface area (Å²) in [6.45, 7) is 1.50. The Kier molecular flexibility index (Phi) is 3.21. The molecule has 74 valence electrons. The molecule has 1 atom stereocenters. The Balaban J connectivity index is 3.14.